The number of hydrogen-bond donors (Lipinski definition) is 1. The number of carbonyl (C=O) groups is 1. The van der Waals surface area contributed by atoms with E-state index in [2.05, 4.69) is 10.2 Å². The Balaban J connectivity index is 2.36. The van der Waals surface area contributed by atoms with Crippen LogP contribution in [0.25, 0.3) is 0 Å². The van der Waals surface area contributed by atoms with Crippen LogP contribution in [0.15, 0.2) is 30.6 Å². The van der Waals surface area contributed by atoms with E-state index < -0.39 is 29.0 Å². The second kappa shape index (κ2) is 6.22. The summed E-state index contributed by atoms with van der Waals surface area (Å²) >= 11 is 5.55. The first kappa shape index (κ1) is 16.1. The molecule has 0 spiro atoms. The van der Waals surface area contributed by atoms with E-state index in [1.54, 1.807) is 0 Å². The third-order valence-corrected chi connectivity index (χ3v) is 3.05. The van der Waals surface area contributed by atoms with Crippen LogP contribution < -0.4 is 5.73 Å². The van der Waals surface area contributed by atoms with Crippen LogP contribution in [-0.2, 0) is 17.5 Å². The molecule has 0 aliphatic heterocycles. The van der Waals surface area contributed by atoms with Gasteiger partial charge in [0.25, 0.3) is 0 Å². The number of ether oxygens (including phenoxy) is 1. The monoisotopic (exact) mass is 334 g/mol. The van der Waals surface area contributed by atoms with Gasteiger partial charge < -0.3 is 10.5 Å². The Bertz CT molecular complexity index is 661. The van der Waals surface area contributed by atoms with E-state index in [1.807, 2.05) is 0 Å². The van der Waals surface area contributed by atoms with Crippen molar-refractivity contribution < 1.29 is 22.7 Å². The van der Waals surface area contributed by atoms with Crippen molar-refractivity contribution >= 4 is 17.7 Å². The molecule has 118 valence electrons. The molecule has 0 saturated heterocycles. The number of nitrogens with two attached hydrogens (primary N) is 1. The first-order valence-corrected chi connectivity index (χ1v) is 6.32. The molecule has 6 nitrogen and oxygen atoms in total. The van der Waals surface area contributed by atoms with Gasteiger partial charge in [-0.2, -0.15) is 28.2 Å². The minimum atomic E-state index is -4.63. The average molecular weight is 335 g/mol. The normalized spacial score (nSPS) is 12.9. The fourth-order valence-corrected chi connectivity index (χ4v) is 2.02. The summed E-state index contributed by atoms with van der Waals surface area (Å²) in [4.78, 5) is 12.1. The van der Waals surface area contributed by atoms with Gasteiger partial charge in [-0.3, -0.25) is 0 Å². The Hall–Kier alpha value is -2.29. The predicted octanol–water partition coefficient (Wildman–Crippen LogP) is 2.79. The second-order valence-corrected chi connectivity index (χ2v) is 4.65. The van der Waals surface area contributed by atoms with Gasteiger partial charge in [0.05, 0.1) is 23.0 Å². The molecule has 2 rings (SSSR count). The van der Waals surface area contributed by atoms with Crippen molar-refractivity contribution in [3.05, 3.63) is 46.7 Å². The zero-order valence-corrected chi connectivity index (χ0v) is 11.7. The zero-order chi connectivity index (χ0) is 16.3. The highest BCUT2D eigenvalue weighted by Gasteiger charge is 2.34. The predicted molar refractivity (Wildman–Crippen MR) is 69.9 cm³/mol. The first-order chi connectivity index (χ1) is 10.3. The summed E-state index contributed by atoms with van der Waals surface area (Å²) in [6.45, 7) is -0.0884. The Morgan fingerprint density at radius 2 is 2.00 bits per heavy atom. The number of rotatable bonds is 4. The molecule has 0 radical (unpaired) electrons. The van der Waals surface area contributed by atoms with Crippen LogP contribution in [0.2, 0.25) is 5.02 Å². The molecule has 1 aromatic heterocycles. The lowest BCUT2D eigenvalue weighted by atomic mass is 10.1. The van der Waals surface area contributed by atoms with E-state index >= 15 is 0 Å². The fraction of sp³-hybridized carbons (Fsp3) is 0.250. The maximum Gasteiger partial charge on any atom is 0.417 e. The molecule has 10 heteroatoms. The molecule has 1 aromatic carbocycles. The Labute approximate surface area is 127 Å². The van der Waals surface area contributed by atoms with Crippen molar-refractivity contribution in [1.82, 2.24) is 15.0 Å². The summed E-state index contributed by atoms with van der Waals surface area (Å²) in [7, 11) is 0. The molecule has 22 heavy (non-hydrogen) atoms. The van der Waals surface area contributed by atoms with Gasteiger partial charge in [0.1, 0.15) is 12.6 Å². The maximum atomic E-state index is 12.9. The molecule has 2 N–H and O–H groups in total. The minimum absolute atomic E-state index is 0.0767. The fourth-order valence-electron chi connectivity index (χ4n) is 1.80. The summed E-state index contributed by atoms with van der Waals surface area (Å²) in [5, 5.41) is 7.15. The van der Waals surface area contributed by atoms with Gasteiger partial charge in [-0.05, 0) is 17.7 Å². The van der Waals surface area contributed by atoms with Crippen molar-refractivity contribution in [3.8, 4) is 0 Å². The lowest BCUT2D eigenvalue weighted by Crippen LogP contribution is -2.22. The summed E-state index contributed by atoms with van der Waals surface area (Å²) in [6.07, 6.45) is -4.08. The summed E-state index contributed by atoms with van der Waals surface area (Å²) in [6, 6.07) is 3.20. The number of benzene rings is 1. The van der Waals surface area contributed by atoms with Crippen molar-refractivity contribution in [1.29, 1.82) is 0 Å². The number of primary amides is 1. The average Bonchev–Trinajstić information content (AvgIpc) is 2.89. The number of amides is 1. The molecule has 0 bridgehead atoms. The highest BCUT2D eigenvalue weighted by molar-refractivity contribution is 6.31. The van der Waals surface area contributed by atoms with Gasteiger partial charge in [-0.15, -0.1) is 0 Å². The van der Waals surface area contributed by atoms with Crippen LogP contribution >= 0.6 is 11.6 Å². The van der Waals surface area contributed by atoms with Crippen molar-refractivity contribution in [3.63, 3.8) is 0 Å². The Morgan fingerprint density at radius 3 is 2.55 bits per heavy atom. The van der Waals surface area contributed by atoms with Gasteiger partial charge in [-0.1, -0.05) is 17.7 Å². The molecular formula is C12H10ClF3N4O2. The number of aromatic nitrogens is 3. The number of hydrogen-bond acceptors (Lipinski definition) is 4. The van der Waals surface area contributed by atoms with E-state index in [0.717, 1.165) is 16.9 Å². The molecule has 0 saturated carbocycles. The molecule has 0 fully saturated rings. The van der Waals surface area contributed by atoms with Gasteiger partial charge >= 0.3 is 12.3 Å². The first-order valence-electron chi connectivity index (χ1n) is 5.94. The van der Waals surface area contributed by atoms with Gasteiger partial charge in [0.15, 0.2) is 0 Å². The number of alkyl halides is 3. The topological polar surface area (TPSA) is 83.0 Å². The summed E-state index contributed by atoms with van der Waals surface area (Å²) < 4.78 is 43.5. The van der Waals surface area contributed by atoms with Crippen LogP contribution in [0.1, 0.15) is 17.2 Å². The highest BCUT2D eigenvalue weighted by Crippen LogP contribution is 2.36. The largest absolute Gasteiger partial charge is 0.439 e. The molecule has 2 aromatic rings. The van der Waals surface area contributed by atoms with E-state index in [4.69, 9.17) is 22.1 Å². The lowest BCUT2D eigenvalue weighted by Gasteiger charge is -2.18. The van der Waals surface area contributed by atoms with E-state index in [-0.39, 0.29) is 12.1 Å². The van der Waals surface area contributed by atoms with Crippen molar-refractivity contribution in [2.24, 2.45) is 5.73 Å². The standard InChI is InChI=1S/C12H10ClF3N4O2/c13-9-2-1-7(5-8(9)12(14,15)16)10(22-11(17)21)6-20-18-3-4-19-20/h1-5,10H,6H2,(H2,17,21). The van der Waals surface area contributed by atoms with E-state index in [1.165, 1.54) is 18.5 Å². The third kappa shape index (κ3) is 3.88. The summed E-state index contributed by atoms with van der Waals surface area (Å²) in [5.41, 5.74) is 4.00. The molecule has 1 heterocycles. The third-order valence-electron chi connectivity index (χ3n) is 2.72. The maximum absolute atomic E-state index is 12.9. The number of nitrogens with zero attached hydrogens (tertiary/aromatic N) is 3. The van der Waals surface area contributed by atoms with Crippen molar-refractivity contribution in [2.45, 2.75) is 18.8 Å². The Kier molecular flexibility index (Phi) is 4.55. The van der Waals surface area contributed by atoms with Gasteiger partial charge in [0.2, 0.25) is 0 Å². The van der Waals surface area contributed by atoms with Crippen LogP contribution in [0.4, 0.5) is 18.0 Å². The molecular weight excluding hydrogens is 325 g/mol. The van der Waals surface area contributed by atoms with Crippen LogP contribution in [0, 0.1) is 0 Å². The van der Waals surface area contributed by atoms with Gasteiger partial charge in [-0.25, -0.2) is 4.79 Å². The van der Waals surface area contributed by atoms with E-state index in [9.17, 15) is 18.0 Å². The summed E-state index contributed by atoms with van der Waals surface area (Å²) in [5.74, 6) is 0. The molecule has 1 atom stereocenters. The second-order valence-electron chi connectivity index (χ2n) is 4.25. The van der Waals surface area contributed by atoms with Crippen molar-refractivity contribution in [2.75, 3.05) is 0 Å². The van der Waals surface area contributed by atoms with E-state index in [0.29, 0.717) is 0 Å². The van der Waals surface area contributed by atoms with Crippen LogP contribution in [-0.4, -0.2) is 21.1 Å². The highest BCUT2D eigenvalue weighted by atomic mass is 35.5. The van der Waals surface area contributed by atoms with Gasteiger partial charge in [0, 0.05) is 0 Å². The zero-order valence-electron chi connectivity index (χ0n) is 10.9. The minimum Gasteiger partial charge on any atom is -0.439 e. The molecule has 0 aliphatic rings. The lowest BCUT2D eigenvalue weighted by molar-refractivity contribution is -0.137. The van der Waals surface area contributed by atoms with Crippen LogP contribution in [0.3, 0.4) is 0 Å². The smallest absolute Gasteiger partial charge is 0.417 e. The quantitative estimate of drug-likeness (QED) is 0.932. The Morgan fingerprint density at radius 1 is 1.36 bits per heavy atom. The SMILES string of the molecule is NC(=O)OC(Cn1nccn1)c1ccc(Cl)c(C(F)(F)F)c1. The van der Waals surface area contributed by atoms with Crippen LogP contribution in [0.5, 0.6) is 0 Å². The number of halogens is 4. The molecule has 0 aliphatic carbocycles. The molecule has 1 unspecified atom stereocenters. The number of carbonyl (C=O) groups excluding carboxylic acids is 1. The molecule has 1 amide bonds.